The van der Waals surface area contributed by atoms with E-state index in [2.05, 4.69) is 0 Å². The number of thiophene rings is 1. The van der Waals surface area contributed by atoms with Gasteiger partial charge in [0.25, 0.3) is 5.91 Å². The molecule has 154 valence electrons. The van der Waals surface area contributed by atoms with Crippen molar-refractivity contribution >= 4 is 23.2 Å². The Morgan fingerprint density at radius 2 is 1.70 bits per heavy atom. The van der Waals surface area contributed by atoms with E-state index >= 15 is 0 Å². The summed E-state index contributed by atoms with van der Waals surface area (Å²) in [5.41, 5.74) is 3.58. The molecule has 1 amide bonds. The minimum absolute atomic E-state index is 0.216. The summed E-state index contributed by atoms with van der Waals surface area (Å²) < 4.78 is 11.2. The molecule has 1 fully saturated rings. The summed E-state index contributed by atoms with van der Waals surface area (Å²) in [6.07, 6.45) is -0.982. The molecule has 1 atom stereocenters. The average molecular weight is 422 g/mol. The summed E-state index contributed by atoms with van der Waals surface area (Å²) in [5, 5.41) is 1.87. The summed E-state index contributed by atoms with van der Waals surface area (Å²) >= 11 is 1.32. The molecule has 2 aromatic carbocycles. The number of ether oxygens (including phenoxy) is 2. The number of benzene rings is 2. The van der Waals surface area contributed by atoms with Gasteiger partial charge in [-0.05, 0) is 23.9 Å². The third-order valence-electron chi connectivity index (χ3n) is 5.09. The van der Waals surface area contributed by atoms with Gasteiger partial charge in [-0.3, -0.25) is 4.79 Å². The first-order valence-corrected chi connectivity index (χ1v) is 10.8. The van der Waals surface area contributed by atoms with Gasteiger partial charge in [-0.15, -0.1) is 11.3 Å². The number of aryl methyl sites for hydroxylation is 1. The fourth-order valence-electron chi connectivity index (χ4n) is 3.43. The highest BCUT2D eigenvalue weighted by molar-refractivity contribution is 7.12. The van der Waals surface area contributed by atoms with E-state index in [4.69, 9.17) is 9.47 Å². The van der Waals surface area contributed by atoms with Crippen LogP contribution in [0.4, 0.5) is 0 Å². The molecule has 1 aliphatic heterocycles. The standard InChI is InChI=1S/C24H23NO4S/c1-17-7-9-18(10-8-17)20-11-16-30-22(20)24(27)29-21(19-5-3-2-4-6-19)23(26)25-12-14-28-15-13-25/h2-11,16,21H,12-15H2,1H3/t21-/m0/s1. The van der Waals surface area contributed by atoms with Gasteiger partial charge in [0.2, 0.25) is 6.10 Å². The fraction of sp³-hybridized carbons (Fsp3) is 0.250. The molecule has 0 unspecified atom stereocenters. The van der Waals surface area contributed by atoms with Crippen LogP contribution in [0, 0.1) is 6.92 Å². The molecule has 2 heterocycles. The van der Waals surface area contributed by atoms with Crippen LogP contribution < -0.4 is 0 Å². The van der Waals surface area contributed by atoms with Crippen molar-refractivity contribution in [2.75, 3.05) is 26.3 Å². The molecule has 0 N–H and O–H groups in total. The molecule has 4 rings (SSSR count). The fourth-order valence-corrected chi connectivity index (χ4v) is 4.22. The number of hydrogen-bond donors (Lipinski definition) is 0. The number of carbonyl (C=O) groups excluding carboxylic acids is 2. The van der Waals surface area contributed by atoms with E-state index < -0.39 is 12.1 Å². The second kappa shape index (κ2) is 9.24. The molecule has 0 aliphatic carbocycles. The van der Waals surface area contributed by atoms with Crippen LogP contribution in [0.1, 0.15) is 26.9 Å². The van der Waals surface area contributed by atoms with Crippen molar-refractivity contribution in [1.29, 1.82) is 0 Å². The number of rotatable bonds is 5. The van der Waals surface area contributed by atoms with Crippen LogP contribution in [0.25, 0.3) is 11.1 Å². The van der Waals surface area contributed by atoms with Gasteiger partial charge >= 0.3 is 5.97 Å². The predicted molar refractivity (Wildman–Crippen MR) is 116 cm³/mol. The minimum Gasteiger partial charge on any atom is -0.443 e. The molecule has 0 saturated carbocycles. The van der Waals surface area contributed by atoms with Gasteiger partial charge in [0.05, 0.1) is 13.2 Å². The van der Waals surface area contributed by atoms with Crippen LogP contribution >= 0.6 is 11.3 Å². The summed E-state index contributed by atoms with van der Waals surface area (Å²) in [6.45, 7) is 3.99. The van der Waals surface area contributed by atoms with Crippen molar-refractivity contribution < 1.29 is 19.1 Å². The van der Waals surface area contributed by atoms with Crippen LogP contribution in [-0.2, 0) is 14.3 Å². The Morgan fingerprint density at radius 3 is 2.40 bits per heavy atom. The quantitative estimate of drug-likeness (QED) is 0.570. The zero-order valence-electron chi connectivity index (χ0n) is 16.7. The molecular weight excluding hydrogens is 398 g/mol. The van der Waals surface area contributed by atoms with Crippen molar-refractivity contribution in [3.8, 4) is 11.1 Å². The summed E-state index contributed by atoms with van der Waals surface area (Å²) in [7, 11) is 0. The lowest BCUT2D eigenvalue weighted by Gasteiger charge is -2.30. The van der Waals surface area contributed by atoms with E-state index in [0.717, 1.165) is 16.7 Å². The van der Waals surface area contributed by atoms with Gasteiger partial charge in [0.15, 0.2) is 0 Å². The third kappa shape index (κ3) is 4.45. The number of esters is 1. The zero-order chi connectivity index (χ0) is 20.9. The number of amides is 1. The van der Waals surface area contributed by atoms with E-state index in [1.54, 1.807) is 4.90 Å². The molecule has 6 heteroatoms. The largest absolute Gasteiger partial charge is 0.443 e. The second-order valence-electron chi connectivity index (χ2n) is 7.16. The van der Waals surface area contributed by atoms with Gasteiger partial charge in [-0.2, -0.15) is 0 Å². The second-order valence-corrected chi connectivity index (χ2v) is 8.08. The highest BCUT2D eigenvalue weighted by atomic mass is 32.1. The van der Waals surface area contributed by atoms with Crippen LogP contribution in [0.3, 0.4) is 0 Å². The van der Waals surface area contributed by atoms with Crippen LogP contribution in [0.5, 0.6) is 0 Å². The maximum Gasteiger partial charge on any atom is 0.350 e. The molecular formula is C24H23NO4S. The van der Waals surface area contributed by atoms with Gasteiger partial charge in [-0.25, -0.2) is 4.79 Å². The first-order chi connectivity index (χ1) is 14.6. The smallest absolute Gasteiger partial charge is 0.350 e. The van der Waals surface area contributed by atoms with E-state index in [1.165, 1.54) is 11.3 Å². The Morgan fingerprint density at radius 1 is 1.00 bits per heavy atom. The van der Waals surface area contributed by atoms with Crippen LogP contribution in [-0.4, -0.2) is 43.1 Å². The normalized spacial score (nSPS) is 14.9. The Hall–Kier alpha value is -2.96. The van der Waals surface area contributed by atoms with Gasteiger partial charge in [0.1, 0.15) is 4.88 Å². The molecule has 1 aromatic heterocycles. The van der Waals surface area contributed by atoms with Crippen molar-refractivity contribution in [2.24, 2.45) is 0 Å². The Balaban J connectivity index is 1.60. The molecule has 0 bridgehead atoms. The zero-order valence-corrected chi connectivity index (χ0v) is 17.6. The minimum atomic E-state index is -0.982. The number of hydrogen-bond acceptors (Lipinski definition) is 5. The monoisotopic (exact) mass is 421 g/mol. The van der Waals surface area contributed by atoms with E-state index in [9.17, 15) is 9.59 Å². The highest BCUT2D eigenvalue weighted by Crippen LogP contribution is 2.31. The molecule has 0 radical (unpaired) electrons. The molecule has 3 aromatic rings. The van der Waals surface area contributed by atoms with E-state index in [1.807, 2.05) is 73.0 Å². The lowest BCUT2D eigenvalue weighted by molar-refractivity contribution is -0.145. The molecule has 1 aliphatic rings. The Labute approximate surface area is 179 Å². The summed E-state index contributed by atoms with van der Waals surface area (Å²) in [6, 6.07) is 19.1. The van der Waals surface area contributed by atoms with Crippen LogP contribution in [0.2, 0.25) is 0 Å². The Bertz CT molecular complexity index is 1010. The average Bonchev–Trinajstić information content (AvgIpc) is 3.29. The summed E-state index contributed by atoms with van der Waals surface area (Å²) in [4.78, 5) is 28.5. The molecule has 30 heavy (non-hydrogen) atoms. The van der Waals surface area contributed by atoms with Crippen LogP contribution in [0.15, 0.2) is 66.0 Å². The maximum absolute atomic E-state index is 13.2. The first-order valence-electron chi connectivity index (χ1n) is 9.90. The van der Waals surface area contributed by atoms with Crippen molar-refractivity contribution in [3.05, 3.63) is 82.0 Å². The Kier molecular flexibility index (Phi) is 6.26. The topological polar surface area (TPSA) is 55.8 Å². The van der Waals surface area contributed by atoms with E-state index in [-0.39, 0.29) is 5.91 Å². The number of carbonyl (C=O) groups is 2. The van der Waals surface area contributed by atoms with E-state index in [0.29, 0.717) is 36.7 Å². The van der Waals surface area contributed by atoms with Gasteiger partial charge in [-0.1, -0.05) is 60.2 Å². The SMILES string of the molecule is Cc1ccc(-c2ccsc2C(=O)O[C@H](C(=O)N2CCOCC2)c2ccccc2)cc1. The third-order valence-corrected chi connectivity index (χ3v) is 5.98. The van der Waals surface area contributed by atoms with Crippen molar-refractivity contribution in [1.82, 2.24) is 4.90 Å². The first kappa shape index (κ1) is 20.3. The van der Waals surface area contributed by atoms with Crippen molar-refractivity contribution in [3.63, 3.8) is 0 Å². The highest BCUT2D eigenvalue weighted by Gasteiger charge is 2.31. The van der Waals surface area contributed by atoms with Gasteiger partial charge in [0, 0.05) is 24.2 Å². The lowest BCUT2D eigenvalue weighted by atomic mass is 10.0. The maximum atomic E-state index is 13.2. The number of nitrogens with zero attached hydrogens (tertiary/aromatic N) is 1. The summed E-state index contributed by atoms with van der Waals surface area (Å²) in [5.74, 6) is -0.706. The number of morpholine rings is 1. The van der Waals surface area contributed by atoms with Crippen molar-refractivity contribution in [2.45, 2.75) is 13.0 Å². The molecule has 5 nitrogen and oxygen atoms in total. The molecule has 1 saturated heterocycles. The van der Waals surface area contributed by atoms with Gasteiger partial charge < -0.3 is 14.4 Å². The lowest BCUT2D eigenvalue weighted by Crippen LogP contribution is -2.44. The predicted octanol–water partition coefficient (Wildman–Crippen LogP) is 4.48. The molecule has 0 spiro atoms.